The molecule has 1 aromatic heterocycles. The minimum absolute atomic E-state index is 0.718. The molecule has 1 N–H and O–H groups in total. The summed E-state index contributed by atoms with van der Waals surface area (Å²) in [4.78, 5) is 4.47. The summed E-state index contributed by atoms with van der Waals surface area (Å²) in [5.74, 6) is 0.897. The molecule has 0 radical (unpaired) electrons. The molecule has 1 saturated carbocycles. The highest BCUT2D eigenvalue weighted by Gasteiger charge is 2.18. The third-order valence-corrected chi connectivity index (χ3v) is 4.00. The number of aryl methyl sites for hydroxylation is 1. The smallest absolute Gasteiger partial charge is 0.0897 e. The van der Waals surface area contributed by atoms with Crippen molar-refractivity contribution in [2.75, 3.05) is 0 Å². The third kappa shape index (κ3) is 3.28. The van der Waals surface area contributed by atoms with Crippen LogP contribution in [0.1, 0.15) is 43.3 Å². The average Bonchev–Trinajstić information content (AvgIpc) is 2.62. The van der Waals surface area contributed by atoms with Crippen molar-refractivity contribution >= 4 is 11.3 Å². The first-order valence-electron chi connectivity index (χ1n) is 5.88. The molecule has 1 aromatic rings. The Morgan fingerprint density at radius 3 is 3.07 bits per heavy atom. The van der Waals surface area contributed by atoms with E-state index < -0.39 is 0 Å². The van der Waals surface area contributed by atoms with Gasteiger partial charge in [-0.25, -0.2) is 4.98 Å². The Bertz CT molecular complexity index is 308. The number of hydrogen-bond donors (Lipinski definition) is 1. The molecule has 1 aliphatic carbocycles. The highest BCUT2D eigenvalue weighted by Crippen LogP contribution is 2.23. The van der Waals surface area contributed by atoms with Crippen LogP contribution in [-0.4, -0.2) is 11.0 Å². The quantitative estimate of drug-likeness (QED) is 0.853. The topological polar surface area (TPSA) is 24.9 Å². The first kappa shape index (κ1) is 11.1. The molecule has 0 saturated heterocycles. The van der Waals surface area contributed by atoms with Crippen molar-refractivity contribution in [2.45, 2.75) is 52.1 Å². The van der Waals surface area contributed by atoms with E-state index in [1.165, 1.54) is 36.4 Å². The van der Waals surface area contributed by atoms with Gasteiger partial charge < -0.3 is 5.32 Å². The van der Waals surface area contributed by atoms with Crippen LogP contribution in [0, 0.1) is 12.8 Å². The molecular weight excluding hydrogens is 204 g/mol. The summed E-state index contributed by atoms with van der Waals surface area (Å²) in [6.07, 6.45) is 5.47. The molecule has 0 spiro atoms. The number of rotatable bonds is 3. The van der Waals surface area contributed by atoms with Gasteiger partial charge in [0.15, 0.2) is 0 Å². The van der Waals surface area contributed by atoms with E-state index in [9.17, 15) is 0 Å². The van der Waals surface area contributed by atoms with E-state index >= 15 is 0 Å². The van der Waals surface area contributed by atoms with Crippen molar-refractivity contribution in [1.82, 2.24) is 10.3 Å². The molecule has 84 valence electrons. The van der Waals surface area contributed by atoms with Crippen LogP contribution in [0.2, 0.25) is 0 Å². The standard InChI is InChI=1S/C12H20N2S/c1-9-4-3-5-11(6-9)13-7-12-8-15-10(2)14-12/h8-9,11,13H,3-7H2,1-2H3. The van der Waals surface area contributed by atoms with Gasteiger partial charge in [0.1, 0.15) is 0 Å². The van der Waals surface area contributed by atoms with E-state index in [0.717, 1.165) is 18.5 Å². The molecule has 15 heavy (non-hydrogen) atoms. The van der Waals surface area contributed by atoms with Crippen LogP contribution < -0.4 is 5.32 Å². The second kappa shape index (κ2) is 5.08. The van der Waals surface area contributed by atoms with Gasteiger partial charge in [0.25, 0.3) is 0 Å². The van der Waals surface area contributed by atoms with Crippen LogP contribution in [-0.2, 0) is 6.54 Å². The Hall–Kier alpha value is -0.410. The fourth-order valence-corrected chi connectivity index (χ4v) is 2.97. The summed E-state index contributed by atoms with van der Waals surface area (Å²) >= 11 is 1.74. The van der Waals surface area contributed by atoms with Crippen LogP contribution in [0.3, 0.4) is 0 Å². The van der Waals surface area contributed by atoms with Gasteiger partial charge in [0, 0.05) is 18.0 Å². The highest BCUT2D eigenvalue weighted by atomic mass is 32.1. The summed E-state index contributed by atoms with van der Waals surface area (Å²) in [7, 11) is 0. The first-order chi connectivity index (χ1) is 7.24. The molecular formula is C12H20N2S. The first-order valence-corrected chi connectivity index (χ1v) is 6.76. The number of nitrogens with zero attached hydrogens (tertiary/aromatic N) is 1. The summed E-state index contributed by atoms with van der Waals surface area (Å²) in [6, 6.07) is 0.718. The third-order valence-electron chi connectivity index (χ3n) is 3.17. The van der Waals surface area contributed by atoms with Crippen LogP contribution in [0.4, 0.5) is 0 Å². The molecule has 0 bridgehead atoms. The molecule has 1 fully saturated rings. The Morgan fingerprint density at radius 1 is 1.53 bits per heavy atom. The number of thiazole rings is 1. The molecule has 1 heterocycles. The largest absolute Gasteiger partial charge is 0.308 e. The van der Waals surface area contributed by atoms with Crippen molar-refractivity contribution in [3.8, 4) is 0 Å². The molecule has 0 aromatic carbocycles. The van der Waals surface area contributed by atoms with Crippen molar-refractivity contribution in [3.05, 3.63) is 16.1 Å². The maximum absolute atomic E-state index is 4.47. The van der Waals surface area contributed by atoms with E-state index in [1.54, 1.807) is 11.3 Å². The molecule has 1 aliphatic rings. The van der Waals surface area contributed by atoms with Crippen LogP contribution >= 0.6 is 11.3 Å². The fourth-order valence-electron chi connectivity index (χ4n) is 2.36. The fraction of sp³-hybridized carbons (Fsp3) is 0.750. The zero-order valence-corrected chi connectivity index (χ0v) is 10.4. The maximum atomic E-state index is 4.47. The van der Waals surface area contributed by atoms with Gasteiger partial charge in [0.2, 0.25) is 0 Å². The van der Waals surface area contributed by atoms with Crippen LogP contribution in [0.15, 0.2) is 5.38 Å². The SMILES string of the molecule is Cc1nc(CNC2CCCC(C)C2)cs1. The predicted molar refractivity (Wildman–Crippen MR) is 65.1 cm³/mol. The van der Waals surface area contributed by atoms with Gasteiger partial charge in [-0.1, -0.05) is 19.8 Å². The second-order valence-corrected chi connectivity index (χ2v) is 5.77. The van der Waals surface area contributed by atoms with Crippen molar-refractivity contribution in [2.24, 2.45) is 5.92 Å². The number of hydrogen-bond acceptors (Lipinski definition) is 3. The molecule has 0 aliphatic heterocycles. The normalized spacial score (nSPS) is 26.8. The van der Waals surface area contributed by atoms with E-state index in [2.05, 4.69) is 29.5 Å². The van der Waals surface area contributed by atoms with Gasteiger partial charge in [-0.2, -0.15) is 0 Å². The lowest BCUT2D eigenvalue weighted by molar-refractivity contribution is 0.300. The van der Waals surface area contributed by atoms with Gasteiger partial charge in [-0.05, 0) is 25.7 Å². The lowest BCUT2D eigenvalue weighted by atomic mass is 9.87. The minimum Gasteiger partial charge on any atom is -0.308 e. The summed E-state index contributed by atoms with van der Waals surface area (Å²) < 4.78 is 0. The average molecular weight is 224 g/mol. The van der Waals surface area contributed by atoms with Crippen molar-refractivity contribution < 1.29 is 0 Å². The maximum Gasteiger partial charge on any atom is 0.0897 e. The Balaban J connectivity index is 1.77. The Kier molecular flexibility index (Phi) is 3.76. The predicted octanol–water partition coefficient (Wildman–Crippen LogP) is 3.12. The minimum atomic E-state index is 0.718. The Morgan fingerprint density at radius 2 is 2.40 bits per heavy atom. The molecule has 2 nitrogen and oxygen atoms in total. The Labute approximate surface area is 96.1 Å². The highest BCUT2D eigenvalue weighted by molar-refractivity contribution is 7.09. The summed E-state index contributed by atoms with van der Waals surface area (Å²) in [5, 5.41) is 6.96. The van der Waals surface area contributed by atoms with Crippen LogP contribution in [0.5, 0.6) is 0 Å². The summed E-state index contributed by atoms with van der Waals surface area (Å²) in [6.45, 7) is 5.37. The van der Waals surface area contributed by atoms with Gasteiger partial charge in [-0.3, -0.25) is 0 Å². The van der Waals surface area contributed by atoms with Crippen LogP contribution in [0.25, 0.3) is 0 Å². The van der Waals surface area contributed by atoms with Crippen molar-refractivity contribution in [1.29, 1.82) is 0 Å². The second-order valence-electron chi connectivity index (χ2n) is 4.71. The van der Waals surface area contributed by atoms with E-state index in [1.807, 2.05) is 0 Å². The number of nitrogens with one attached hydrogen (secondary N) is 1. The molecule has 2 unspecified atom stereocenters. The lowest BCUT2D eigenvalue weighted by Crippen LogP contribution is -2.33. The van der Waals surface area contributed by atoms with E-state index in [4.69, 9.17) is 0 Å². The lowest BCUT2D eigenvalue weighted by Gasteiger charge is -2.27. The molecule has 3 heteroatoms. The van der Waals surface area contributed by atoms with E-state index in [0.29, 0.717) is 0 Å². The molecule has 2 atom stereocenters. The van der Waals surface area contributed by atoms with Gasteiger partial charge in [0.05, 0.1) is 10.7 Å². The molecule has 0 amide bonds. The molecule has 2 rings (SSSR count). The van der Waals surface area contributed by atoms with E-state index in [-0.39, 0.29) is 0 Å². The zero-order valence-electron chi connectivity index (χ0n) is 9.62. The van der Waals surface area contributed by atoms with Gasteiger partial charge >= 0.3 is 0 Å². The zero-order chi connectivity index (χ0) is 10.7. The van der Waals surface area contributed by atoms with Gasteiger partial charge in [-0.15, -0.1) is 11.3 Å². The monoisotopic (exact) mass is 224 g/mol. The number of aromatic nitrogens is 1. The summed E-state index contributed by atoms with van der Waals surface area (Å²) in [5.41, 5.74) is 1.20. The van der Waals surface area contributed by atoms with Crippen molar-refractivity contribution in [3.63, 3.8) is 0 Å².